The summed E-state index contributed by atoms with van der Waals surface area (Å²) in [6, 6.07) is 36.5. The fourth-order valence-corrected chi connectivity index (χ4v) is 6.59. The lowest BCUT2D eigenvalue weighted by atomic mass is 9.91. The van der Waals surface area contributed by atoms with E-state index in [1.165, 1.54) is 22.9 Å². The van der Waals surface area contributed by atoms with Crippen molar-refractivity contribution in [3.8, 4) is 23.6 Å². The van der Waals surface area contributed by atoms with Gasteiger partial charge in [0.15, 0.2) is 0 Å². The molecule has 0 spiro atoms. The highest BCUT2D eigenvalue weighted by atomic mass is 15.1. The Morgan fingerprint density at radius 1 is 0.887 bits per heavy atom. The highest BCUT2D eigenvalue weighted by Gasteiger charge is 2.21. The van der Waals surface area contributed by atoms with Gasteiger partial charge < -0.3 is 20.5 Å². The van der Waals surface area contributed by atoms with E-state index in [-0.39, 0.29) is 11.8 Å². The summed E-state index contributed by atoms with van der Waals surface area (Å²) in [5.74, 6) is 0.355. The second kappa shape index (κ2) is 21.7. The Morgan fingerprint density at radius 3 is 2.19 bits per heavy atom. The van der Waals surface area contributed by atoms with Crippen LogP contribution in [0.5, 0.6) is 0 Å². The molecule has 2 N–H and O–H groups in total. The van der Waals surface area contributed by atoms with E-state index in [1.807, 2.05) is 57.8 Å². The van der Waals surface area contributed by atoms with E-state index in [0.717, 1.165) is 51.6 Å². The quantitative estimate of drug-likeness (QED) is 0.0830. The van der Waals surface area contributed by atoms with Crippen LogP contribution < -0.4 is 10.2 Å². The van der Waals surface area contributed by atoms with E-state index in [1.54, 1.807) is 0 Å². The minimum atomic E-state index is 0.173. The van der Waals surface area contributed by atoms with Gasteiger partial charge in [-0.3, -0.25) is 0 Å². The van der Waals surface area contributed by atoms with E-state index in [0.29, 0.717) is 13.0 Å². The summed E-state index contributed by atoms with van der Waals surface area (Å²) >= 11 is 0. The second-order valence-electron chi connectivity index (χ2n) is 12.7. The first-order chi connectivity index (χ1) is 25.8. The van der Waals surface area contributed by atoms with E-state index in [9.17, 15) is 0 Å². The molecule has 1 heterocycles. The zero-order chi connectivity index (χ0) is 38.8. The summed E-state index contributed by atoms with van der Waals surface area (Å²) in [5.41, 5.74) is 12.1. The molecule has 0 aliphatic carbocycles. The third-order valence-electron chi connectivity index (χ3n) is 9.16. The molecular weight excluding hydrogens is 645 g/mol. The van der Waals surface area contributed by atoms with Gasteiger partial charge in [0.25, 0.3) is 0 Å². The fourth-order valence-electron chi connectivity index (χ4n) is 6.59. The van der Waals surface area contributed by atoms with Crippen molar-refractivity contribution in [1.82, 2.24) is 4.90 Å². The molecule has 1 aliphatic heterocycles. The van der Waals surface area contributed by atoms with Crippen molar-refractivity contribution in [3.05, 3.63) is 155 Å². The molecule has 0 radical (unpaired) electrons. The van der Waals surface area contributed by atoms with Crippen molar-refractivity contribution in [2.75, 3.05) is 23.8 Å². The minimum absolute atomic E-state index is 0.173. The largest absolute Gasteiger partial charge is 0.355 e. The van der Waals surface area contributed by atoms with E-state index >= 15 is 0 Å². The molecule has 0 saturated heterocycles. The molecular formula is C49H60N4. The summed E-state index contributed by atoms with van der Waals surface area (Å²) < 4.78 is 0. The molecule has 2 unspecified atom stereocenters. The monoisotopic (exact) mass is 704 g/mol. The smallest absolute Gasteiger partial charge is 0.0501 e. The number of nitrogens with zero attached hydrogens (tertiary/aromatic N) is 2. The first-order valence-electron chi connectivity index (χ1n) is 19.2. The molecule has 53 heavy (non-hydrogen) atoms. The average Bonchev–Trinajstić information content (AvgIpc) is 3.20. The molecule has 4 nitrogen and oxygen atoms in total. The van der Waals surface area contributed by atoms with Crippen LogP contribution in [0.25, 0.3) is 11.1 Å². The summed E-state index contributed by atoms with van der Waals surface area (Å²) in [6.45, 7) is 17.6. The van der Waals surface area contributed by atoms with E-state index in [2.05, 4.69) is 153 Å². The van der Waals surface area contributed by atoms with Crippen LogP contribution in [-0.2, 0) is 6.42 Å². The number of nitrogens with one attached hydrogen (secondary N) is 2. The van der Waals surface area contributed by atoms with Gasteiger partial charge in [0.1, 0.15) is 0 Å². The zero-order valence-corrected chi connectivity index (χ0v) is 33.4. The van der Waals surface area contributed by atoms with Crippen molar-refractivity contribution in [2.45, 2.75) is 68.2 Å². The summed E-state index contributed by atoms with van der Waals surface area (Å²) in [5, 5.41) is 12.3. The molecule has 0 aromatic heterocycles. The van der Waals surface area contributed by atoms with E-state index in [4.69, 9.17) is 11.8 Å². The van der Waals surface area contributed by atoms with Gasteiger partial charge in [-0.15, -0.1) is 0 Å². The molecule has 276 valence electrons. The number of anilines is 4. The predicted octanol–water partition coefficient (Wildman–Crippen LogP) is 13.4. The number of hydrogen-bond acceptors (Lipinski definition) is 4. The number of benzene rings is 4. The van der Waals surface area contributed by atoms with Crippen LogP contribution in [0.3, 0.4) is 0 Å². The molecule has 4 aromatic rings. The fraction of sp³-hybridized carbons (Fsp3) is 0.286. The topological polar surface area (TPSA) is 42.4 Å². The molecule has 0 fully saturated rings. The molecule has 4 heteroatoms. The summed E-state index contributed by atoms with van der Waals surface area (Å²) in [4.78, 5) is 4.28. The maximum absolute atomic E-state index is 8.71. The van der Waals surface area contributed by atoms with Gasteiger partial charge in [-0.1, -0.05) is 146 Å². The van der Waals surface area contributed by atoms with Crippen LogP contribution in [-0.4, -0.2) is 24.7 Å². The highest BCUT2D eigenvalue weighted by Crippen LogP contribution is 2.39. The summed E-state index contributed by atoms with van der Waals surface area (Å²) in [7, 11) is 1.97. The van der Waals surface area contributed by atoms with Gasteiger partial charge >= 0.3 is 0 Å². The highest BCUT2D eigenvalue weighted by molar-refractivity contribution is 5.93. The molecule has 1 aliphatic rings. The van der Waals surface area contributed by atoms with Gasteiger partial charge in [0.05, 0.1) is 5.69 Å². The number of likely N-dealkylation sites (N-methyl/N-ethyl adjacent to an activating group) is 1. The van der Waals surface area contributed by atoms with Crippen molar-refractivity contribution in [1.29, 1.82) is 5.41 Å². The minimum Gasteiger partial charge on any atom is -0.355 e. The Balaban J connectivity index is 0.00000183. The standard InChI is InChI=1S/C45H48N4.2C2H6/c1-7-36-26-25-33(3)29-35(5)49(40-23-16-20-38(30-40)37-18-11-9-12-19-37)45-28-27-44(47-39-21-13-10-14-22-39)42(31-46)41(45)24-15-17-34(4)43(36)32-48(6)8-2;2*1-2/h2,9-23,25-31,33-34,46-47H,7,24,32H2,1,3-6H3;2*1-2H3/b17-15+,26-25-,35-29+,43-36-,46-31?;;. The molecule has 0 bridgehead atoms. The van der Waals surface area contributed by atoms with Crippen LogP contribution in [0.1, 0.15) is 72.9 Å². The second-order valence-corrected chi connectivity index (χ2v) is 12.7. The number of terminal acetylenes is 1. The van der Waals surface area contributed by atoms with Gasteiger partial charge in [-0.2, -0.15) is 0 Å². The number of rotatable bonds is 8. The predicted molar refractivity (Wildman–Crippen MR) is 234 cm³/mol. The Labute approximate surface area is 321 Å². The zero-order valence-electron chi connectivity index (χ0n) is 33.4. The molecule has 0 saturated carbocycles. The number of hydrogen-bond donors (Lipinski definition) is 2. The number of para-hydroxylation sites is 1. The van der Waals surface area contributed by atoms with Crippen LogP contribution in [0.15, 0.2) is 144 Å². The van der Waals surface area contributed by atoms with Gasteiger partial charge in [-0.25, -0.2) is 0 Å². The molecule has 5 rings (SSSR count). The third kappa shape index (κ3) is 11.2. The molecule has 2 atom stereocenters. The lowest BCUT2D eigenvalue weighted by Crippen LogP contribution is -2.20. The Hall–Kier alpha value is -5.53. The first-order valence-corrected chi connectivity index (χ1v) is 19.2. The number of fused-ring (bicyclic) bond motifs is 1. The third-order valence-corrected chi connectivity index (χ3v) is 9.16. The summed E-state index contributed by atoms with van der Waals surface area (Å²) in [6.07, 6.45) is 20.4. The Bertz CT molecular complexity index is 1910. The van der Waals surface area contributed by atoms with Crippen LogP contribution in [0.4, 0.5) is 22.7 Å². The van der Waals surface area contributed by atoms with Crippen LogP contribution in [0.2, 0.25) is 0 Å². The van der Waals surface area contributed by atoms with Gasteiger partial charge in [0, 0.05) is 54.2 Å². The van der Waals surface area contributed by atoms with Gasteiger partial charge in [0.2, 0.25) is 0 Å². The van der Waals surface area contributed by atoms with Crippen LogP contribution >= 0.6 is 0 Å². The lowest BCUT2D eigenvalue weighted by Gasteiger charge is -2.31. The Kier molecular flexibility index (Phi) is 17.2. The van der Waals surface area contributed by atoms with Gasteiger partial charge in [-0.05, 0) is 95.8 Å². The van der Waals surface area contributed by atoms with Crippen molar-refractivity contribution in [2.24, 2.45) is 11.8 Å². The van der Waals surface area contributed by atoms with E-state index < -0.39 is 0 Å². The average molecular weight is 705 g/mol. The SMILES string of the molecule is C#CN(C)C/C1=C(CC)/C=C\C(C)/C=C(\C)N(c2cccc(-c3ccccc3)c2)c2ccc(Nc3ccccc3)c(C=N)c2C/C=C/C1C.CC.CC. The number of allylic oxidation sites excluding steroid dienone is 7. The van der Waals surface area contributed by atoms with Crippen molar-refractivity contribution in [3.63, 3.8) is 0 Å². The molecule has 4 aromatic carbocycles. The van der Waals surface area contributed by atoms with Crippen molar-refractivity contribution < 1.29 is 0 Å². The normalized spacial score (nSPS) is 19.2. The maximum atomic E-state index is 8.71. The van der Waals surface area contributed by atoms with Crippen LogP contribution in [0, 0.1) is 29.7 Å². The lowest BCUT2D eigenvalue weighted by molar-refractivity contribution is 0.504. The van der Waals surface area contributed by atoms with Crippen molar-refractivity contribution >= 4 is 29.0 Å². The Morgan fingerprint density at radius 2 is 1.55 bits per heavy atom. The molecule has 0 amide bonds. The maximum Gasteiger partial charge on any atom is 0.0501 e. The first kappa shape index (κ1) is 41.9.